The number of hydrogen-bond acceptors (Lipinski definition) is 4. The van der Waals surface area contributed by atoms with Crippen molar-refractivity contribution >= 4 is 22.9 Å². The minimum Gasteiger partial charge on any atom is -0.327 e. The van der Waals surface area contributed by atoms with Crippen LogP contribution in [0, 0.1) is 5.41 Å². The molecule has 0 aliphatic carbocycles. The van der Waals surface area contributed by atoms with E-state index < -0.39 is 0 Å². The summed E-state index contributed by atoms with van der Waals surface area (Å²) < 4.78 is 2.48. The minimum atomic E-state index is -0.361. The molecule has 0 unspecified atom stereocenters. The molecule has 0 amide bonds. The maximum absolute atomic E-state index is 12.0. The first-order chi connectivity index (χ1) is 9.20. The van der Waals surface area contributed by atoms with Gasteiger partial charge in [-0.25, -0.2) is 9.78 Å². The van der Waals surface area contributed by atoms with Gasteiger partial charge in [-0.3, -0.25) is 13.9 Å². The highest BCUT2D eigenvalue weighted by Crippen LogP contribution is 2.24. The van der Waals surface area contributed by atoms with Gasteiger partial charge in [0.15, 0.2) is 16.3 Å². The number of aromatic nitrogens is 4. The number of H-pyrrole nitrogens is 1. The number of hydrogen-bond donors (Lipinski definition) is 1. The number of aryl methyl sites for hydroxylation is 1. The number of fused-ring (bicyclic) bond motifs is 1. The standard InChI is InChI=1S/C13H20N4O2S/c1-13(2,3)6-7-20-11-14-8-9(15-11)16(4)12(19)17(5)10(8)18/h6-7H2,1-5H3,(H,14,15). The van der Waals surface area contributed by atoms with Crippen molar-refractivity contribution in [2.45, 2.75) is 32.3 Å². The molecule has 0 radical (unpaired) electrons. The summed E-state index contributed by atoms with van der Waals surface area (Å²) in [7, 11) is 3.09. The maximum Gasteiger partial charge on any atom is 0.332 e. The fourth-order valence-corrected chi connectivity index (χ4v) is 3.06. The molecular formula is C13H20N4O2S. The molecule has 0 saturated heterocycles. The van der Waals surface area contributed by atoms with Crippen LogP contribution in [-0.2, 0) is 14.1 Å². The zero-order valence-electron chi connectivity index (χ0n) is 12.5. The zero-order valence-corrected chi connectivity index (χ0v) is 13.3. The summed E-state index contributed by atoms with van der Waals surface area (Å²) >= 11 is 1.57. The van der Waals surface area contributed by atoms with Gasteiger partial charge < -0.3 is 4.98 Å². The van der Waals surface area contributed by atoms with Crippen LogP contribution >= 0.6 is 11.8 Å². The Bertz CT molecular complexity index is 749. The van der Waals surface area contributed by atoms with Gasteiger partial charge in [0.2, 0.25) is 0 Å². The molecule has 110 valence electrons. The second-order valence-corrected chi connectivity index (χ2v) is 7.19. The molecule has 0 aromatic carbocycles. The van der Waals surface area contributed by atoms with E-state index >= 15 is 0 Å². The van der Waals surface area contributed by atoms with Crippen molar-refractivity contribution < 1.29 is 0 Å². The lowest BCUT2D eigenvalue weighted by Gasteiger charge is -2.16. The lowest BCUT2D eigenvalue weighted by Crippen LogP contribution is -2.36. The van der Waals surface area contributed by atoms with Crippen LogP contribution in [0.2, 0.25) is 0 Å². The quantitative estimate of drug-likeness (QED) is 0.871. The first kappa shape index (κ1) is 14.9. The Labute approximate surface area is 121 Å². The molecule has 0 saturated carbocycles. The van der Waals surface area contributed by atoms with Gasteiger partial charge in [-0.15, -0.1) is 0 Å². The number of nitrogens with one attached hydrogen (secondary N) is 1. The summed E-state index contributed by atoms with van der Waals surface area (Å²) in [6, 6.07) is 0. The van der Waals surface area contributed by atoms with Gasteiger partial charge in [-0.05, 0) is 11.8 Å². The molecule has 0 aliphatic rings. The molecule has 6 nitrogen and oxygen atoms in total. The maximum atomic E-state index is 12.0. The monoisotopic (exact) mass is 296 g/mol. The summed E-state index contributed by atoms with van der Waals surface area (Å²) in [6.45, 7) is 6.56. The highest BCUT2D eigenvalue weighted by Gasteiger charge is 2.15. The molecule has 0 spiro atoms. The summed E-state index contributed by atoms with van der Waals surface area (Å²) in [5.74, 6) is 0.914. The molecule has 2 heterocycles. The van der Waals surface area contributed by atoms with Crippen LogP contribution in [0.5, 0.6) is 0 Å². The fraction of sp³-hybridized carbons (Fsp3) is 0.615. The first-order valence-corrected chi connectivity index (χ1v) is 7.48. The van der Waals surface area contributed by atoms with E-state index in [0.29, 0.717) is 16.3 Å². The highest BCUT2D eigenvalue weighted by molar-refractivity contribution is 7.99. The molecule has 2 aromatic rings. The van der Waals surface area contributed by atoms with Gasteiger partial charge in [-0.1, -0.05) is 32.5 Å². The van der Waals surface area contributed by atoms with Crippen LogP contribution in [0.25, 0.3) is 11.2 Å². The van der Waals surface area contributed by atoms with Crippen molar-refractivity contribution in [2.24, 2.45) is 19.5 Å². The number of imidazole rings is 1. The highest BCUT2D eigenvalue weighted by atomic mass is 32.2. The molecule has 1 N–H and O–H groups in total. The lowest BCUT2D eigenvalue weighted by molar-refractivity contribution is 0.401. The van der Waals surface area contributed by atoms with Gasteiger partial charge in [-0.2, -0.15) is 0 Å². The molecular weight excluding hydrogens is 276 g/mol. The van der Waals surface area contributed by atoms with E-state index in [0.717, 1.165) is 16.7 Å². The third-order valence-electron chi connectivity index (χ3n) is 3.16. The molecule has 0 aliphatic heterocycles. The summed E-state index contributed by atoms with van der Waals surface area (Å²) in [5, 5.41) is 0.683. The summed E-state index contributed by atoms with van der Waals surface area (Å²) in [6.07, 6.45) is 1.05. The Balaban J connectivity index is 2.35. The van der Waals surface area contributed by atoms with Crippen molar-refractivity contribution in [1.29, 1.82) is 0 Å². The Morgan fingerprint density at radius 1 is 1.20 bits per heavy atom. The number of aromatic amines is 1. The average molecular weight is 296 g/mol. The Morgan fingerprint density at radius 2 is 1.85 bits per heavy atom. The first-order valence-electron chi connectivity index (χ1n) is 6.49. The van der Waals surface area contributed by atoms with Crippen molar-refractivity contribution in [1.82, 2.24) is 19.1 Å². The van der Waals surface area contributed by atoms with Crippen molar-refractivity contribution in [2.75, 3.05) is 5.75 Å². The second kappa shape index (κ2) is 5.12. The minimum absolute atomic E-state index is 0.266. The Morgan fingerprint density at radius 3 is 2.45 bits per heavy atom. The van der Waals surface area contributed by atoms with Crippen LogP contribution < -0.4 is 11.2 Å². The average Bonchev–Trinajstić information content (AvgIpc) is 2.76. The van der Waals surface area contributed by atoms with Gasteiger partial charge in [0, 0.05) is 19.8 Å². The van der Waals surface area contributed by atoms with Crippen LogP contribution in [0.3, 0.4) is 0 Å². The fourth-order valence-electron chi connectivity index (χ4n) is 1.83. The van der Waals surface area contributed by atoms with Crippen molar-refractivity contribution in [3.8, 4) is 0 Å². The largest absolute Gasteiger partial charge is 0.332 e. The van der Waals surface area contributed by atoms with Crippen LogP contribution in [0.1, 0.15) is 27.2 Å². The molecule has 2 rings (SSSR count). The number of thioether (sulfide) groups is 1. The summed E-state index contributed by atoms with van der Waals surface area (Å²) in [5.41, 5.74) is 0.366. The smallest absolute Gasteiger partial charge is 0.327 e. The molecule has 0 atom stereocenters. The SMILES string of the molecule is Cn1c(=O)c2[nH]c(SCCC(C)(C)C)nc2n(C)c1=O. The third-order valence-corrected chi connectivity index (χ3v) is 4.04. The van der Waals surface area contributed by atoms with E-state index in [1.807, 2.05) is 0 Å². The Kier molecular flexibility index (Phi) is 3.82. The number of rotatable bonds is 3. The van der Waals surface area contributed by atoms with Gasteiger partial charge >= 0.3 is 5.69 Å². The van der Waals surface area contributed by atoms with Gasteiger partial charge in [0.25, 0.3) is 5.56 Å². The number of nitrogens with zero attached hydrogens (tertiary/aromatic N) is 3. The van der Waals surface area contributed by atoms with Crippen LogP contribution in [-0.4, -0.2) is 24.9 Å². The predicted molar refractivity (Wildman–Crippen MR) is 81.4 cm³/mol. The van der Waals surface area contributed by atoms with E-state index in [2.05, 4.69) is 30.7 Å². The topological polar surface area (TPSA) is 72.7 Å². The van der Waals surface area contributed by atoms with E-state index in [1.165, 1.54) is 11.6 Å². The van der Waals surface area contributed by atoms with Crippen LogP contribution in [0.15, 0.2) is 14.7 Å². The van der Waals surface area contributed by atoms with Gasteiger partial charge in [0.05, 0.1) is 0 Å². The normalized spacial score (nSPS) is 12.2. The van der Waals surface area contributed by atoms with Crippen LogP contribution in [0.4, 0.5) is 0 Å². The molecule has 0 fully saturated rings. The van der Waals surface area contributed by atoms with Crippen molar-refractivity contribution in [3.63, 3.8) is 0 Å². The van der Waals surface area contributed by atoms with Gasteiger partial charge in [0.1, 0.15) is 0 Å². The molecule has 0 bridgehead atoms. The van der Waals surface area contributed by atoms with E-state index in [4.69, 9.17) is 0 Å². The molecule has 7 heteroatoms. The predicted octanol–water partition coefficient (Wildman–Crippen LogP) is 1.49. The van der Waals surface area contributed by atoms with E-state index in [1.54, 1.807) is 18.8 Å². The van der Waals surface area contributed by atoms with E-state index in [9.17, 15) is 9.59 Å². The Hall–Kier alpha value is -1.50. The molecule has 2 aromatic heterocycles. The third kappa shape index (κ3) is 2.82. The molecule has 20 heavy (non-hydrogen) atoms. The second-order valence-electron chi connectivity index (χ2n) is 6.11. The van der Waals surface area contributed by atoms with E-state index in [-0.39, 0.29) is 16.7 Å². The van der Waals surface area contributed by atoms with Crippen molar-refractivity contribution in [3.05, 3.63) is 20.8 Å². The lowest BCUT2D eigenvalue weighted by atomic mass is 9.94. The zero-order chi connectivity index (χ0) is 15.1. The summed E-state index contributed by atoms with van der Waals surface area (Å²) in [4.78, 5) is 31.2.